The van der Waals surface area contributed by atoms with E-state index < -0.39 is 11.7 Å². The number of anilines is 1. The summed E-state index contributed by atoms with van der Waals surface area (Å²) < 4.78 is 40.1. The van der Waals surface area contributed by atoms with Crippen LogP contribution in [0.5, 0.6) is 0 Å². The van der Waals surface area contributed by atoms with Crippen LogP contribution in [0.2, 0.25) is 0 Å². The lowest BCUT2D eigenvalue weighted by atomic mass is 10.0. The molecule has 1 amide bonds. The number of nitrogens with zero attached hydrogens (tertiary/aromatic N) is 5. The molecule has 2 aliphatic rings. The summed E-state index contributed by atoms with van der Waals surface area (Å²) in [5, 5.41) is 7.47. The molecule has 10 heteroatoms. The summed E-state index contributed by atoms with van der Waals surface area (Å²) in [6, 6.07) is 5.91. The number of hydrogen-bond donors (Lipinski definition) is 1. The van der Waals surface area contributed by atoms with E-state index in [0.717, 1.165) is 42.8 Å². The Balaban J connectivity index is 1.37. The van der Waals surface area contributed by atoms with Gasteiger partial charge in [-0.1, -0.05) is 0 Å². The average Bonchev–Trinajstić information content (AvgIpc) is 3.24. The Morgan fingerprint density at radius 2 is 1.97 bits per heavy atom. The van der Waals surface area contributed by atoms with Crippen molar-refractivity contribution in [2.24, 2.45) is 5.41 Å². The molecule has 34 heavy (non-hydrogen) atoms. The lowest BCUT2D eigenvalue weighted by molar-refractivity contribution is -0.137. The van der Waals surface area contributed by atoms with E-state index in [9.17, 15) is 18.0 Å². The third-order valence-electron chi connectivity index (χ3n) is 6.62. The molecule has 1 atom stereocenters. The summed E-state index contributed by atoms with van der Waals surface area (Å²) in [6.07, 6.45) is 2.95. The monoisotopic (exact) mass is 470 g/mol. The summed E-state index contributed by atoms with van der Waals surface area (Å²) in [5.74, 6) is 0.182. The second kappa shape index (κ2) is 8.11. The molecule has 3 aromatic rings. The molecule has 1 aliphatic heterocycles. The molecular weight excluding hydrogens is 445 g/mol. The highest BCUT2D eigenvalue weighted by molar-refractivity contribution is 5.96. The quantitative estimate of drug-likeness (QED) is 0.598. The van der Waals surface area contributed by atoms with Crippen molar-refractivity contribution in [2.75, 3.05) is 18.4 Å². The highest BCUT2D eigenvalue weighted by Crippen LogP contribution is 2.55. The van der Waals surface area contributed by atoms with E-state index in [2.05, 4.69) is 20.4 Å². The van der Waals surface area contributed by atoms with Crippen LogP contribution in [0.25, 0.3) is 5.69 Å². The average molecular weight is 470 g/mol. The van der Waals surface area contributed by atoms with Crippen LogP contribution in [0.1, 0.15) is 46.6 Å². The Bertz CT molecular complexity index is 1220. The Morgan fingerprint density at radius 1 is 1.18 bits per heavy atom. The van der Waals surface area contributed by atoms with Gasteiger partial charge in [0.25, 0.3) is 5.91 Å². The summed E-state index contributed by atoms with van der Waals surface area (Å²) in [5.41, 5.74) is 2.01. The van der Waals surface area contributed by atoms with Crippen molar-refractivity contribution in [3.8, 4) is 5.69 Å². The fraction of sp³-hybridized carbons (Fsp3) is 0.417. The molecule has 7 nitrogen and oxygen atoms in total. The summed E-state index contributed by atoms with van der Waals surface area (Å²) in [4.78, 5) is 24.1. The zero-order valence-corrected chi connectivity index (χ0v) is 18.9. The van der Waals surface area contributed by atoms with E-state index in [0.29, 0.717) is 30.3 Å². The molecule has 0 radical (unpaired) electrons. The maximum absolute atomic E-state index is 13.7. The van der Waals surface area contributed by atoms with Gasteiger partial charge in [0, 0.05) is 37.2 Å². The van der Waals surface area contributed by atoms with E-state index in [1.165, 1.54) is 6.07 Å². The predicted molar refractivity (Wildman–Crippen MR) is 120 cm³/mol. The number of aromatic nitrogens is 4. The van der Waals surface area contributed by atoms with Gasteiger partial charge in [-0.2, -0.15) is 18.3 Å². The van der Waals surface area contributed by atoms with Gasteiger partial charge in [-0.15, -0.1) is 0 Å². The van der Waals surface area contributed by atoms with Crippen molar-refractivity contribution in [1.29, 1.82) is 0 Å². The second-order valence-electron chi connectivity index (χ2n) is 9.38. The number of halogens is 3. The van der Waals surface area contributed by atoms with Crippen LogP contribution in [-0.2, 0) is 6.18 Å². The highest BCUT2D eigenvalue weighted by atomic mass is 19.4. The SMILES string of the molecule is Cc1cnn(-c2ccc(C)nc2C(=O)N2CC3(CC3)CC2CNc2ccc(C(F)(F)F)cn2)c1. The summed E-state index contributed by atoms with van der Waals surface area (Å²) in [7, 11) is 0. The summed E-state index contributed by atoms with van der Waals surface area (Å²) >= 11 is 0. The topological polar surface area (TPSA) is 75.9 Å². The van der Waals surface area contributed by atoms with Gasteiger partial charge in [-0.25, -0.2) is 14.6 Å². The first-order valence-corrected chi connectivity index (χ1v) is 11.2. The number of carbonyl (C=O) groups is 1. The molecule has 1 aliphatic carbocycles. The van der Waals surface area contributed by atoms with E-state index >= 15 is 0 Å². The van der Waals surface area contributed by atoms with Crippen LogP contribution in [0.3, 0.4) is 0 Å². The third-order valence-corrected chi connectivity index (χ3v) is 6.62. The van der Waals surface area contributed by atoms with Crippen molar-refractivity contribution >= 4 is 11.7 Å². The fourth-order valence-electron chi connectivity index (χ4n) is 4.58. The second-order valence-corrected chi connectivity index (χ2v) is 9.38. The standard InChI is InChI=1S/C24H25F3N6O/c1-15-10-30-33(13-15)19-5-3-16(2)31-21(19)22(34)32-14-23(7-8-23)9-18(32)12-29-20-6-4-17(11-28-20)24(25,26)27/h3-6,10-11,13,18H,7-9,12,14H2,1-2H3,(H,28,29). The van der Waals surface area contributed by atoms with Gasteiger partial charge in [0.15, 0.2) is 5.69 Å². The Labute approximate surface area is 195 Å². The molecular formula is C24H25F3N6O. The molecule has 1 N–H and O–H groups in total. The molecule has 0 bridgehead atoms. The van der Waals surface area contributed by atoms with Gasteiger partial charge in [0.1, 0.15) is 5.82 Å². The van der Waals surface area contributed by atoms with Crippen molar-refractivity contribution in [2.45, 2.75) is 45.3 Å². The Hall–Kier alpha value is -3.43. The number of pyridine rings is 2. The van der Waals surface area contributed by atoms with Gasteiger partial charge in [-0.05, 0) is 68.4 Å². The van der Waals surface area contributed by atoms with Gasteiger partial charge in [0.05, 0.1) is 17.4 Å². The first-order chi connectivity index (χ1) is 16.1. The van der Waals surface area contributed by atoms with Crippen molar-refractivity contribution in [1.82, 2.24) is 24.6 Å². The number of aryl methyl sites for hydroxylation is 2. The molecule has 4 heterocycles. The summed E-state index contributed by atoms with van der Waals surface area (Å²) in [6.45, 7) is 4.82. The minimum atomic E-state index is -4.43. The zero-order valence-electron chi connectivity index (χ0n) is 18.9. The van der Waals surface area contributed by atoms with E-state index in [1.807, 2.05) is 37.1 Å². The number of alkyl halides is 3. The minimum Gasteiger partial charge on any atom is -0.368 e. The number of carbonyl (C=O) groups excluding carboxylic acids is 1. The minimum absolute atomic E-state index is 0.117. The first kappa shape index (κ1) is 22.4. The first-order valence-electron chi connectivity index (χ1n) is 11.2. The molecule has 2 fully saturated rings. The molecule has 3 aromatic heterocycles. The van der Waals surface area contributed by atoms with Gasteiger partial charge < -0.3 is 10.2 Å². The van der Waals surface area contributed by atoms with Crippen LogP contribution in [0, 0.1) is 19.3 Å². The lowest BCUT2D eigenvalue weighted by Gasteiger charge is -2.26. The van der Waals surface area contributed by atoms with Crippen LogP contribution < -0.4 is 5.32 Å². The van der Waals surface area contributed by atoms with E-state index in [4.69, 9.17) is 0 Å². The number of rotatable bonds is 5. The molecule has 5 rings (SSSR count). The molecule has 0 aromatic carbocycles. The Kier molecular flexibility index (Phi) is 5.33. The molecule has 1 unspecified atom stereocenters. The number of amides is 1. The van der Waals surface area contributed by atoms with Crippen molar-refractivity contribution < 1.29 is 18.0 Å². The largest absolute Gasteiger partial charge is 0.417 e. The number of hydrogen-bond acceptors (Lipinski definition) is 5. The lowest BCUT2D eigenvalue weighted by Crippen LogP contribution is -2.40. The van der Waals surface area contributed by atoms with Crippen molar-refractivity contribution in [3.63, 3.8) is 0 Å². The van der Waals surface area contributed by atoms with Crippen LogP contribution in [0.4, 0.5) is 19.0 Å². The molecule has 1 saturated carbocycles. The van der Waals surface area contributed by atoms with Crippen LogP contribution >= 0.6 is 0 Å². The van der Waals surface area contributed by atoms with Gasteiger partial charge in [-0.3, -0.25) is 4.79 Å². The third kappa shape index (κ3) is 4.36. The molecule has 178 valence electrons. The fourth-order valence-corrected chi connectivity index (χ4v) is 4.58. The molecule has 1 saturated heterocycles. The smallest absolute Gasteiger partial charge is 0.368 e. The number of nitrogens with one attached hydrogen (secondary N) is 1. The Morgan fingerprint density at radius 3 is 2.59 bits per heavy atom. The molecule has 1 spiro atoms. The van der Waals surface area contributed by atoms with Gasteiger partial charge >= 0.3 is 6.18 Å². The van der Waals surface area contributed by atoms with E-state index in [-0.39, 0.29) is 17.4 Å². The van der Waals surface area contributed by atoms with Crippen molar-refractivity contribution in [3.05, 3.63) is 65.4 Å². The maximum atomic E-state index is 13.7. The zero-order chi connectivity index (χ0) is 24.1. The highest BCUT2D eigenvalue weighted by Gasteiger charge is 2.53. The van der Waals surface area contributed by atoms with Gasteiger partial charge in [0.2, 0.25) is 0 Å². The van der Waals surface area contributed by atoms with Crippen LogP contribution in [-0.4, -0.2) is 49.7 Å². The number of likely N-dealkylation sites (tertiary alicyclic amines) is 1. The maximum Gasteiger partial charge on any atom is 0.417 e. The normalized spacial score (nSPS) is 19.0. The van der Waals surface area contributed by atoms with Crippen LogP contribution in [0.15, 0.2) is 42.9 Å². The van der Waals surface area contributed by atoms with E-state index in [1.54, 1.807) is 10.9 Å². The predicted octanol–water partition coefficient (Wildman–Crippen LogP) is 4.40.